The highest BCUT2D eigenvalue weighted by Crippen LogP contribution is 2.24. The zero-order valence-corrected chi connectivity index (χ0v) is 15.3. The molecule has 0 radical (unpaired) electrons. The number of anilines is 1. The Morgan fingerprint density at radius 3 is 2.67 bits per heavy atom. The molecule has 0 saturated heterocycles. The molecule has 3 nitrogen and oxygen atoms in total. The molecule has 2 N–H and O–H groups in total. The Morgan fingerprint density at radius 2 is 1.92 bits per heavy atom. The summed E-state index contributed by atoms with van der Waals surface area (Å²) in [7, 11) is 0. The Hall–Kier alpha value is -1.98. The molecule has 0 fully saturated rings. The minimum absolute atomic E-state index is 0.683. The molecular formula is C19H21N3S2. The lowest BCUT2D eigenvalue weighted by molar-refractivity contribution is 0.758. The smallest absolute Gasteiger partial charge is 0.170 e. The highest BCUT2D eigenvalue weighted by Gasteiger charge is 2.05. The first-order valence-electron chi connectivity index (χ1n) is 8.23. The quantitative estimate of drug-likeness (QED) is 0.483. The number of thiazole rings is 1. The lowest BCUT2D eigenvalue weighted by atomic mass is 10.1. The molecule has 0 unspecified atom stereocenters. The highest BCUT2D eigenvalue weighted by atomic mass is 32.1. The van der Waals surface area contributed by atoms with Crippen LogP contribution in [0, 0.1) is 0 Å². The number of rotatable bonds is 6. The monoisotopic (exact) mass is 355 g/mol. The van der Waals surface area contributed by atoms with Gasteiger partial charge in [0.2, 0.25) is 0 Å². The summed E-state index contributed by atoms with van der Waals surface area (Å²) in [6, 6.07) is 16.7. The van der Waals surface area contributed by atoms with Gasteiger partial charge in [-0.2, -0.15) is 0 Å². The number of thiocarbonyl (C=S) groups is 1. The van der Waals surface area contributed by atoms with E-state index in [0.29, 0.717) is 5.11 Å². The molecule has 0 amide bonds. The summed E-state index contributed by atoms with van der Waals surface area (Å²) in [5, 5.41) is 8.26. The molecule has 3 aromatic rings. The molecule has 0 spiro atoms. The van der Waals surface area contributed by atoms with Crippen LogP contribution in [0.1, 0.15) is 30.3 Å². The first-order chi connectivity index (χ1) is 11.7. The second-order valence-corrected chi connectivity index (χ2v) is 7.21. The van der Waals surface area contributed by atoms with E-state index in [0.717, 1.165) is 42.0 Å². The van der Waals surface area contributed by atoms with E-state index >= 15 is 0 Å². The van der Waals surface area contributed by atoms with E-state index in [1.165, 1.54) is 10.3 Å². The predicted molar refractivity (Wildman–Crippen MR) is 108 cm³/mol. The van der Waals surface area contributed by atoms with Gasteiger partial charge in [-0.3, -0.25) is 0 Å². The lowest BCUT2D eigenvalue weighted by Crippen LogP contribution is -2.29. The largest absolute Gasteiger partial charge is 0.362 e. The van der Waals surface area contributed by atoms with Crippen LogP contribution in [0.15, 0.2) is 48.5 Å². The van der Waals surface area contributed by atoms with Crippen LogP contribution in [0.3, 0.4) is 0 Å². The van der Waals surface area contributed by atoms with Crippen LogP contribution in [0.4, 0.5) is 5.69 Å². The standard InChI is InChI=1S/C19H21N3S2/c1-2-3-12-20-19(23)21-15-10-8-14(9-11-15)13-18-22-16-6-4-5-7-17(16)24-18/h4-11H,2-3,12-13H2,1H3,(H2,20,21,23). The lowest BCUT2D eigenvalue weighted by Gasteiger charge is -2.10. The molecule has 0 bridgehead atoms. The van der Waals surface area contributed by atoms with Crippen molar-refractivity contribution in [2.75, 3.05) is 11.9 Å². The van der Waals surface area contributed by atoms with Gasteiger partial charge in [-0.25, -0.2) is 4.98 Å². The number of aromatic nitrogens is 1. The Labute approximate surface area is 152 Å². The average molecular weight is 356 g/mol. The Balaban J connectivity index is 1.59. The molecule has 2 aromatic carbocycles. The summed E-state index contributed by atoms with van der Waals surface area (Å²) in [4.78, 5) is 4.69. The van der Waals surface area contributed by atoms with Crippen molar-refractivity contribution in [3.63, 3.8) is 0 Å². The second-order valence-electron chi connectivity index (χ2n) is 5.68. The van der Waals surface area contributed by atoms with Gasteiger partial charge in [0.05, 0.1) is 15.2 Å². The molecule has 0 atom stereocenters. The summed E-state index contributed by atoms with van der Waals surface area (Å²) >= 11 is 7.05. The summed E-state index contributed by atoms with van der Waals surface area (Å²) in [5.41, 5.74) is 3.35. The highest BCUT2D eigenvalue weighted by molar-refractivity contribution is 7.80. The van der Waals surface area contributed by atoms with Gasteiger partial charge in [0.15, 0.2) is 5.11 Å². The molecule has 0 saturated carbocycles. The zero-order chi connectivity index (χ0) is 16.8. The first kappa shape index (κ1) is 16.9. The van der Waals surface area contributed by atoms with Gasteiger partial charge in [-0.1, -0.05) is 37.6 Å². The van der Waals surface area contributed by atoms with E-state index in [2.05, 4.69) is 60.0 Å². The van der Waals surface area contributed by atoms with Gasteiger partial charge in [-0.15, -0.1) is 11.3 Å². The molecule has 0 aliphatic heterocycles. The van der Waals surface area contributed by atoms with Crippen LogP contribution < -0.4 is 10.6 Å². The third-order valence-electron chi connectivity index (χ3n) is 3.72. The van der Waals surface area contributed by atoms with Gasteiger partial charge in [0, 0.05) is 18.7 Å². The van der Waals surface area contributed by atoms with E-state index in [4.69, 9.17) is 17.2 Å². The van der Waals surface area contributed by atoms with Crippen molar-refractivity contribution in [2.45, 2.75) is 26.2 Å². The number of unbranched alkanes of at least 4 members (excludes halogenated alkanes) is 1. The third kappa shape index (κ3) is 4.52. The third-order valence-corrected chi connectivity index (χ3v) is 5.00. The SMILES string of the molecule is CCCCNC(=S)Nc1ccc(Cc2nc3ccccc3s2)cc1. The fraction of sp³-hybridized carbons (Fsp3) is 0.263. The number of benzene rings is 2. The number of hydrogen-bond acceptors (Lipinski definition) is 3. The maximum atomic E-state index is 5.29. The maximum Gasteiger partial charge on any atom is 0.170 e. The average Bonchev–Trinajstić information content (AvgIpc) is 2.99. The topological polar surface area (TPSA) is 37.0 Å². The molecular weight excluding hydrogens is 334 g/mol. The molecule has 124 valence electrons. The van der Waals surface area contributed by atoms with Crippen molar-refractivity contribution in [1.29, 1.82) is 0 Å². The van der Waals surface area contributed by atoms with Crippen molar-refractivity contribution in [1.82, 2.24) is 10.3 Å². The first-order valence-corrected chi connectivity index (χ1v) is 9.45. The number of nitrogens with one attached hydrogen (secondary N) is 2. The molecule has 5 heteroatoms. The molecule has 3 rings (SSSR count). The number of hydrogen-bond donors (Lipinski definition) is 2. The van der Waals surface area contributed by atoms with Crippen LogP contribution in [0.2, 0.25) is 0 Å². The number of nitrogens with zero attached hydrogens (tertiary/aromatic N) is 1. The van der Waals surface area contributed by atoms with Crippen molar-refractivity contribution in [2.24, 2.45) is 0 Å². The molecule has 24 heavy (non-hydrogen) atoms. The van der Waals surface area contributed by atoms with Gasteiger partial charge < -0.3 is 10.6 Å². The van der Waals surface area contributed by atoms with Crippen LogP contribution in [-0.4, -0.2) is 16.6 Å². The van der Waals surface area contributed by atoms with E-state index in [-0.39, 0.29) is 0 Å². The van der Waals surface area contributed by atoms with Gasteiger partial charge >= 0.3 is 0 Å². The van der Waals surface area contributed by atoms with Crippen LogP contribution >= 0.6 is 23.6 Å². The minimum atomic E-state index is 0.683. The fourth-order valence-corrected chi connectivity index (χ4v) is 3.65. The predicted octanol–water partition coefficient (Wildman–Crippen LogP) is 4.97. The van der Waals surface area contributed by atoms with Crippen molar-refractivity contribution in [3.8, 4) is 0 Å². The Morgan fingerprint density at radius 1 is 1.12 bits per heavy atom. The Bertz CT molecular complexity index is 776. The van der Waals surface area contributed by atoms with Gasteiger partial charge in [0.1, 0.15) is 0 Å². The fourth-order valence-electron chi connectivity index (χ4n) is 2.43. The second kappa shape index (κ2) is 8.22. The van der Waals surface area contributed by atoms with Crippen LogP contribution in [0.5, 0.6) is 0 Å². The number of fused-ring (bicyclic) bond motifs is 1. The van der Waals surface area contributed by atoms with E-state index in [9.17, 15) is 0 Å². The molecule has 1 heterocycles. The van der Waals surface area contributed by atoms with E-state index < -0.39 is 0 Å². The van der Waals surface area contributed by atoms with Crippen LogP contribution in [-0.2, 0) is 6.42 Å². The van der Waals surface area contributed by atoms with Crippen LogP contribution in [0.25, 0.3) is 10.2 Å². The summed E-state index contributed by atoms with van der Waals surface area (Å²) in [6.07, 6.45) is 3.15. The van der Waals surface area contributed by atoms with E-state index in [1.54, 1.807) is 11.3 Å². The summed E-state index contributed by atoms with van der Waals surface area (Å²) in [5.74, 6) is 0. The van der Waals surface area contributed by atoms with Gasteiger partial charge in [-0.05, 0) is 48.5 Å². The maximum absolute atomic E-state index is 5.29. The summed E-state index contributed by atoms with van der Waals surface area (Å²) < 4.78 is 1.24. The van der Waals surface area contributed by atoms with E-state index in [1.807, 2.05) is 6.07 Å². The molecule has 0 aliphatic rings. The van der Waals surface area contributed by atoms with Crippen molar-refractivity contribution < 1.29 is 0 Å². The molecule has 0 aliphatic carbocycles. The molecule has 1 aromatic heterocycles. The normalized spacial score (nSPS) is 10.7. The number of para-hydroxylation sites is 1. The zero-order valence-electron chi connectivity index (χ0n) is 13.7. The van der Waals surface area contributed by atoms with Gasteiger partial charge in [0.25, 0.3) is 0 Å². The minimum Gasteiger partial charge on any atom is -0.362 e. The van der Waals surface area contributed by atoms with Crippen molar-refractivity contribution in [3.05, 3.63) is 59.1 Å². The summed E-state index contributed by atoms with van der Waals surface area (Å²) in [6.45, 7) is 3.08. The Kier molecular flexibility index (Phi) is 5.77. The van der Waals surface area contributed by atoms with Crippen molar-refractivity contribution >= 4 is 44.6 Å².